The van der Waals surface area contributed by atoms with Crippen LogP contribution in [-0.4, -0.2) is 25.9 Å². The molecule has 0 bridgehead atoms. The third-order valence-electron chi connectivity index (χ3n) is 2.53. The first kappa shape index (κ1) is 16.5. The third-order valence-corrected chi connectivity index (χ3v) is 3.02. The van der Waals surface area contributed by atoms with Crippen molar-refractivity contribution in [2.75, 3.05) is 19.8 Å². The quantitative estimate of drug-likeness (QED) is 0.756. The molecule has 1 rings (SSSR count). The fourth-order valence-electron chi connectivity index (χ4n) is 1.57. The highest BCUT2D eigenvalue weighted by Gasteiger charge is 2.27. The molecule has 19 heavy (non-hydrogen) atoms. The van der Waals surface area contributed by atoms with Crippen LogP contribution in [0.15, 0.2) is 28.7 Å². The van der Waals surface area contributed by atoms with Gasteiger partial charge in [-0.25, -0.2) is 0 Å². The van der Waals surface area contributed by atoms with Gasteiger partial charge in [0, 0.05) is 17.1 Å². The molecule has 1 aromatic rings. The van der Waals surface area contributed by atoms with Gasteiger partial charge in [-0.1, -0.05) is 28.1 Å². The van der Waals surface area contributed by atoms with Crippen molar-refractivity contribution in [1.82, 2.24) is 5.32 Å². The summed E-state index contributed by atoms with van der Waals surface area (Å²) in [6, 6.07) is 8.06. The molecule has 0 aliphatic heterocycles. The van der Waals surface area contributed by atoms with Gasteiger partial charge < -0.3 is 10.1 Å². The van der Waals surface area contributed by atoms with Gasteiger partial charge in [0.15, 0.2) is 0 Å². The first-order valence-electron chi connectivity index (χ1n) is 6.02. The van der Waals surface area contributed by atoms with Gasteiger partial charge in [-0.2, -0.15) is 13.2 Å². The number of halogens is 4. The Morgan fingerprint density at radius 1 is 1.37 bits per heavy atom. The van der Waals surface area contributed by atoms with E-state index in [0.717, 1.165) is 10.0 Å². The van der Waals surface area contributed by atoms with Gasteiger partial charge in [0.1, 0.15) is 6.61 Å². The Hall–Kier alpha value is -0.590. The summed E-state index contributed by atoms with van der Waals surface area (Å²) in [4.78, 5) is 0. The number of hydrogen-bond donors (Lipinski definition) is 1. The Kier molecular flexibility index (Phi) is 6.82. The van der Waals surface area contributed by atoms with Crippen LogP contribution in [0.2, 0.25) is 0 Å². The maximum Gasteiger partial charge on any atom is 0.411 e. The minimum atomic E-state index is -4.24. The molecule has 0 saturated carbocycles. The number of alkyl halides is 3. The van der Waals surface area contributed by atoms with E-state index < -0.39 is 12.8 Å². The van der Waals surface area contributed by atoms with Crippen LogP contribution < -0.4 is 5.32 Å². The summed E-state index contributed by atoms with van der Waals surface area (Å²) in [5, 5.41) is 3.24. The Morgan fingerprint density at radius 3 is 2.74 bits per heavy atom. The first-order chi connectivity index (χ1) is 8.88. The predicted octanol–water partition coefficient (Wildman–Crippen LogP) is 4.07. The fourth-order valence-corrected chi connectivity index (χ4v) is 1.99. The van der Waals surface area contributed by atoms with Gasteiger partial charge in [0.05, 0.1) is 0 Å². The van der Waals surface area contributed by atoms with Gasteiger partial charge in [-0.15, -0.1) is 0 Å². The molecule has 0 aliphatic rings. The Morgan fingerprint density at radius 2 is 2.11 bits per heavy atom. The Labute approximate surface area is 119 Å². The van der Waals surface area contributed by atoms with Crippen molar-refractivity contribution in [3.05, 3.63) is 34.3 Å². The van der Waals surface area contributed by atoms with Gasteiger partial charge in [-0.3, -0.25) is 0 Å². The summed E-state index contributed by atoms with van der Waals surface area (Å²) in [5.41, 5.74) is 1.13. The van der Waals surface area contributed by atoms with Crippen molar-refractivity contribution in [1.29, 1.82) is 0 Å². The molecule has 1 atom stereocenters. The summed E-state index contributed by atoms with van der Waals surface area (Å²) in [6.45, 7) is 1.57. The summed E-state index contributed by atoms with van der Waals surface area (Å²) < 4.78 is 41.0. The van der Waals surface area contributed by atoms with Crippen molar-refractivity contribution in [2.45, 2.75) is 25.6 Å². The molecule has 1 unspecified atom stereocenters. The van der Waals surface area contributed by atoms with Crippen LogP contribution in [0.25, 0.3) is 0 Å². The van der Waals surface area contributed by atoms with Crippen LogP contribution in [0.4, 0.5) is 13.2 Å². The average Bonchev–Trinajstić information content (AvgIpc) is 2.32. The minimum absolute atomic E-state index is 0.109. The number of nitrogens with one attached hydrogen (secondary N) is 1. The molecular formula is C13H17BrF3NO. The van der Waals surface area contributed by atoms with Gasteiger partial charge >= 0.3 is 6.18 Å². The van der Waals surface area contributed by atoms with E-state index in [0.29, 0.717) is 13.0 Å². The highest BCUT2D eigenvalue weighted by Crippen LogP contribution is 2.17. The van der Waals surface area contributed by atoms with Crippen LogP contribution in [0, 0.1) is 0 Å². The van der Waals surface area contributed by atoms with E-state index in [4.69, 9.17) is 0 Å². The first-order valence-corrected chi connectivity index (χ1v) is 6.81. The molecule has 1 aromatic carbocycles. The molecule has 0 saturated heterocycles. The molecule has 1 N–H and O–H groups in total. The van der Waals surface area contributed by atoms with Crippen LogP contribution >= 0.6 is 15.9 Å². The lowest BCUT2D eigenvalue weighted by Gasteiger charge is -2.14. The second-order valence-corrected chi connectivity index (χ2v) is 5.17. The van der Waals surface area contributed by atoms with Gasteiger partial charge in [0.25, 0.3) is 0 Å². The minimum Gasteiger partial charge on any atom is -0.372 e. The second-order valence-electron chi connectivity index (χ2n) is 4.25. The van der Waals surface area contributed by atoms with Crippen molar-refractivity contribution in [2.24, 2.45) is 0 Å². The molecule has 108 valence electrons. The summed E-state index contributed by atoms with van der Waals surface area (Å²) in [6.07, 6.45) is -3.69. The molecule has 0 radical (unpaired) electrons. The van der Waals surface area contributed by atoms with Crippen molar-refractivity contribution in [3.63, 3.8) is 0 Å². The molecule has 0 amide bonds. The van der Waals surface area contributed by atoms with Crippen molar-refractivity contribution in [3.8, 4) is 0 Å². The lowest BCUT2D eigenvalue weighted by Crippen LogP contribution is -2.22. The maximum absolute atomic E-state index is 11.8. The van der Waals surface area contributed by atoms with Gasteiger partial charge in [0.2, 0.25) is 0 Å². The molecule has 0 spiro atoms. The van der Waals surface area contributed by atoms with E-state index >= 15 is 0 Å². The van der Waals surface area contributed by atoms with E-state index in [2.05, 4.69) is 26.0 Å². The number of hydrogen-bond acceptors (Lipinski definition) is 2. The lowest BCUT2D eigenvalue weighted by molar-refractivity contribution is -0.173. The number of benzene rings is 1. The third kappa shape index (κ3) is 7.54. The number of rotatable bonds is 7. The van der Waals surface area contributed by atoms with E-state index in [-0.39, 0.29) is 12.6 Å². The van der Waals surface area contributed by atoms with E-state index in [9.17, 15) is 13.2 Å². The molecule has 0 heterocycles. The molecular weight excluding hydrogens is 323 g/mol. The zero-order valence-corrected chi connectivity index (χ0v) is 12.2. The summed E-state index contributed by atoms with van der Waals surface area (Å²) >= 11 is 3.40. The van der Waals surface area contributed by atoms with Crippen LogP contribution in [0.3, 0.4) is 0 Å². The van der Waals surface area contributed by atoms with Crippen molar-refractivity contribution < 1.29 is 17.9 Å². The van der Waals surface area contributed by atoms with E-state index in [1.165, 1.54) is 0 Å². The zero-order chi connectivity index (χ0) is 14.3. The largest absolute Gasteiger partial charge is 0.411 e. The van der Waals surface area contributed by atoms with E-state index in [1.807, 2.05) is 31.2 Å². The molecule has 6 heteroatoms. The standard InChI is InChI=1S/C13H17BrF3NO/c1-10(11-4-2-5-12(14)8-11)18-6-3-7-19-9-13(15,16)17/h2,4-5,8,10,18H,3,6-7,9H2,1H3. The maximum atomic E-state index is 11.8. The van der Waals surface area contributed by atoms with Gasteiger partial charge in [-0.05, 0) is 37.6 Å². The highest BCUT2D eigenvalue weighted by atomic mass is 79.9. The SMILES string of the molecule is CC(NCCCOCC(F)(F)F)c1cccc(Br)c1. The number of ether oxygens (including phenoxy) is 1. The molecule has 0 fully saturated rings. The molecule has 2 nitrogen and oxygen atoms in total. The van der Waals surface area contributed by atoms with Crippen LogP contribution in [-0.2, 0) is 4.74 Å². The average molecular weight is 340 g/mol. The lowest BCUT2D eigenvalue weighted by atomic mass is 10.1. The topological polar surface area (TPSA) is 21.3 Å². The highest BCUT2D eigenvalue weighted by molar-refractivity contribution is 9.10. The monoisotopic (exact) mass is 339 g/mol. The predicted molar refractivity (Wildman–Crippen MR) is 72.1 cm³/mol. The van der Waals surface area contributed by atoms with Crippen LogP contribution in [0.1, 0.15) is 24.9 Å². The second kappa shape index (κ2) is 7.87. The molecule has 0 aliphatic carbocycles. The zero-order valence-electron chi connectivity index (χ0n) is 10.6. The molecule has 0 aromatic heterocycles. The smallest absolute Gasteiger partial charge is 0.372 e. The normalized spacial score (nSPS) is 13.5. The van der Waals surface area contributed by atoms with Crippen LogP contribution in [0.5, 0.6) is 0 Å². The Balaban J connectivity index is 2.16. The van der Waals surface area contributed by atoms with E-state index in [1.54, 1.807) is 0 Å². The fraction of sp³-hybridized carbons (Fsp3) is 0.538. The Bertz CT molecular complexity index is 384. The summed E-state index contributed by atoms with van der Waals surface area (Å²) in [5.74, 6) is 0. The summed E-state index contributed by atoms with van der Waals surface area (Å²) in [7, 11) is 0. The van der Waals surface area contributed by atoms with Crippen molar-refractivity contribution >= 4 is 15.9 Å².